The van der Waals surface area contributed by atoms with Gasteiger partial charge in [-0.1, -0.05) is 6.07 Å². The largest absolute Gasteiger partial charge is 0.480 e. The first-order chi connectivity index (χ1) is 19.4. The lowest BCUT2D eigenvalue weighted by molar-refractivity contribution is -0.147. The molecule has 222 valence electrons. The zero-order chi connectivity index (χ0) is 29.9. The van der Waals surface area contributed by atoms with Crippen molar-refractivity contribution in [1.82, 2.24) is 24.4 Å². The molecule has 4 heterocycles. The van der Waals surface area contributed by atoms with Crippen molar-refractivity contribution >= 4 is 62.8 Å². The summed E-state index contributed by atoms with van der Waals surface area (Å²) >= 11 is 1.91. The molecule has 0 radical (unpaired) electrons. The molecule has 2 aromatic heterocycles. The number of amides is 3. The molecule has 0 bridgehead atoms. The quantitative estimate of drug-likeness (QED) is 0.255. The van der Waals surface area contributed by atoms with Crippen LogP contribution >= 0.6 is 23.1 Å². The van der Waals surface area contributed by atoms with E-state index in [-0.39, 0.29) is 41.6 Å². The third kappa shape index (κ3) is 7.09. The normalized spacial score (nSPS) is 22.6. The van der Waals surface area contributed by atoms with E-state index in [2.05, 4.69) is 10.0 Å². The van der Waals surface area contributed by atoms with E-state index in [9.17, 15) is 42.6 Å². The maximum Gasteiger partial charge on any atom is 0.326 e. The summed E-state index contributed by atoms with van der Waals surface area (Å²) in [7, 11) is -2.17. The Balaban J connectivity index is 1.30. The summed E-state index contributed by atoms with van der Waals surface area (Å²) in [4.78, 5) is 64.2. The van der Waals surface area contributed by atoms with Gasteiger partial charge in [-0.25, -0.2) is 22.7 Å². The monoisotopic (exact) mass is 627 g/mol. The number of thioether (sulfide) groups is 1. The molecule has 2 aromatic rings. The summed E-state index contributed by atoms with van der Waals surface area (Å²) in [6.45, 7) is -0.162. The van der Waals surface area contributed by atoms with Crippen LogP contribution in [0.25, 0.3) is 0 Å². The van der Waals surface area contributed by atoms with Gasteiger partial charge in [0.2, 0.25) is 21.8 Å². The summed E-state index contributed by atoms with van der Waals surface area (Å²) in [5, 5.41) is 23.6. The lowest BCUT2D eigenvalue weighted by Crippen LogP contribution is -2.43. The predicted molar refractivity (Wildman–Crippen MR) is 148 cm³/mol. The van der Waals surface area contributed by atoms with Crippen LogP contribution in [-0.4, -0.2) is 111 Å². The van der Waals surface area contributed by atoms with Crippen LogP contribution in [0.15, 0.2) is 40.1 Å². The number of carboxylic acid groups (broad SMARTS) is 2. The zero-order valence-electron chi connectivity index (χ0n) is 21.8. The van der Waals surface area contributed by atoms with Crippen LogP contribution in [0.5, 0.6) is 0 Å². The van der Waals surface area contributed by atoms with Gasteiger partial charge in [0.1, 0.15) is 22.0 Å². The third-order valence-electron chi connectivity index (χ3n) is 6.86. The van der Waals surface area contributed by atoms with Gasteiger partial charge in [0.25, 0.3) is 5.91 Å². The number of likely N-dealkylation sites (tertiary alicyclic amines) is 2. The highest BCUT2D eigenvalue weighted by Crippen LogP contribution is 2.24. The Labute approximate surface area is 243 Å². The van der Waals surface area contributed by atoms with Crippen LogP contribution in [-0.2, 0) is 36.2 Å². The lowest BCUT2D eigenvalue weighted by Gasteiger charge is -2.23. The second-order valence-electron chi connectivity index (χ2n) is 9.69. The Morgan fingerprint density at radius 2 is 1.54 bits per heavy atom. The van der Waals surface area contributed by atoms with Gasteiger partial charge in [0.15, 0.2) is 0 Å². The molecular weight excluding hydrogens is 598 g/mol. The number of sulfonamides is 1. The maximum absolute atomic E-state index is 12.9. The van der Waals surface area contributed by atoms with Crippen molar-refractivity contribution in [2.45, 2.75) is 41.2 Å². The minimum absolute atomic E-state index is 0.0141. The standard InChI is InChI=1S/C24H29N5O9S3/c1-27-6-2-4-16(27)22(32)25-14-8-17(23(33)34)28(10-14)19(30)12-39-13-20(31)29-11-15(9-18(29)24(35)36)26-41(37,38)21-5-3-7-40-21/h2-7,14-15,17-18,26H,8-13H2,1H3,(H,25,32)(H,33,34)(H,35,36)/t14-,15-,17-,18-/m0/s1. The summed E-state index contributed by atoms with van der Waals surface area (Å²) in [6.07, 6.45) is 1.61. The van der Waals surface area contributed by atoms with Crippen LogP contribution in [0, 0.1) is 0 Å². The van der Waals surface area contributed by atoms with E-state index in [4.69, 9.17) is 0 Å². The summed E-state index contributed by atoms with van der Waals surface area (Å²) < 4.78 is 29.2. The number of aromatic nitrogens is 1. The molecule has 4 atom stereocenters. The Bertz CT molecular complexity index is 1430. The van der Waals surface area contributed by atoms with Gasteiger partial charge < -0.3 is 29.9 Å². The van der Waals surface area contributed by atoms with Crippen molar-refractivity contribution in [1.29, 1.82) is 0 Å². The van der Waals surface area contributed by atoms with Gasteiger partial charge in [-0.3, -0.25) is 14.4 Å². The fourth-order valence-electron chi connectivity index (χ4n) is 4.92. The fraction of sp³-hybridized carbons (Fsp3) is 0.458. The Kier molecular flexibility index (Phi) is 9.41. The minimum atomic E-state index is -3.87. The number of hydrogen-bond donors (Lipinski definition) is 4. The number of aryl methyl sites for hydroxylation is 1. The third-order valence-corrected chi connectivity index (χ3v) is 10.7. The fourth-order valence-corrected chi connectivity index (χ4v) is 7.96. The number of carboxylic acids is 2. The summed E-state index contributed by atoms with van der Waals surface area (Å²) in [5.41, 5.74) is 0.388. The number of carbonyl (C=O) groups is 5. The molecule has 41 heavy (non-hydrogen) atoms. The number of thiophene rings is 1. The molecule has 0 aliphatic carbocycles. The number of rotatable bonds is 11. The molecule has 2 fully saturated rings. The molecule has 4 N–H and O–H groups in total. The summed E-state index contributed by atoms with van der Waals surface area (Å²) in [5.74, 6) is -4.52. The van der Waals surface area contributed by atoms with Crippen LogP contribution < -0.4 is 10.0 Å². The Morgan fingerprint density at radius 3 is 2.05 bits per heavy atom. The molecule has 17 heteroatoms. The van der Waals surface area contributed by atoms with Crippen molar-refractivity contribution in [3.05, 3.63) is 41.5 Å². The van der Waals surface area contributed by atoms with Gasteiger partial charge in [0, 0.05) is 44.8 Å². The molecule has 0 spiro atoms. The van der Waals surface area contributed by atoms with Crippen LogP contribution in [0.4, 0.5) is 0 Å². The molecule has 0 unspecified atom stereocenters. The molecule has 0 saturated carbocycles. The van der Waals surface area contributed by atoms with Gasteiger partial charge in [0.05, 0.1) is 11.5 Å². The first-order valence-electron chi connectivity index (χ1n) is 12.5. The summed E-state index contributed by atoms with van der Waals surface area (Å²) in [6, 6.07) is 2.54. The average Bonchev–Trinajstić information content (AvgIpc) is 3.69. The van der Waals surface area contributed by atoms with Gasteiger partial charge in [-0.2, -0.15) is 0 Å². The minimum Gasteiger partial charge on any atom is -0.480 e. The SMILES string of the molecule is Cn1cccc1C(=O)N[C@H]1C[C@@H](C(=O)O)N(C(=O)CSCC(=O)N2C[C@@H](NS(=O)(=O)c3cccs3)C[C@H]2C(=O)O)C1. The van der Waals surface area contributed by atoms with Crippen molar-refractivity contribution in [2.75, 3.05) is 24.6 Å². The van der Waals surface area contributed by atoms with Crippen LogP contribution in [0.1, 0.15) is 23.3 Å². The second-order valence-corrected chi connectivity index (χ2v) is 13.6. The number of carbonyl (C=O) groups excluding carboxylic acids is 3. The van der Waals surface area contributed by atoms with E-state index in [1.807, 2.05) is 0 Å². The Morgan fingerprint density at radius 1 is 0.951 bits per heavy atom. The van der Waals surface area contributed by atoms with Crippen molar-refractivity contribution < 1.29 is 42.6 Å². The molecule has 2 aliphatic rings. The van der Waals surface area contributed by atoms with Gasteiger partial charge in [-0.15, -0.1) is 23.1 Å². The highest BCUT2D eigenvalue weighted by atomic mass is 32.2. The molecule has 3 amide bonds. The van der Waals surface area contributed by atoms with E-state index >= 15 is 0 Å². The van der Waals surface area contributed by atoms with Crippen molar-refractivity contribution in [3.63, 3.8) is 0 Å². The first-order valence-corrected chi connectivity index (χ1v) is 16.0. The number of nitrogens with one attached hydrogen (secondary N) is 2. The topological polar surface area (TPSA) is 195 Å². The van der Waals surface area contributed by atoms with Crippen molar-refractivity contribution in [3.8, 4) is 0 Å². The number of hydrogen-bond acceptors (Lipinski definition) is 9. The molecule has 2 saturated heterocycles. The van der Waals surface area contributed by atoms with E-state index in [1.165, 1.54) is 6.07 Å². The van der Waals surface area contributed by atoms with E-state index in [0.717, 1.165) is 32.9 Å². The van der Waals surface area contributed by atoms with Gasteiger partial charge >= 0.3 is 11.9 Å². The average molecular weight is 628 g/mol. The second kappa shape index (κ2) is 12.6. The maximum atomic E-state index is 12.9. The van der Waals surface area contributed by atoms with Crippen LogP contribution in [0.2, 0.25) is 0 Å². The van der Waals surface area contributed by atoms with E-state index in [1.54, 1.807) is 41.4 Å². The number of nitrogens with zero attached hydrogens (tertiary/aromatic N) is 3. The van der Waals surface area contributed by atoms with E-state index < -0.39 is 63.9 Å². The lowest BCUT2D eigenvalue weighted by atomic mass is 10.1. The first kappa shape index (κ1) is 30.5. The van der Waals surface area contributed by atoms with Crippen molar-refractivity contribution in [2.24, 2.45) is 7.05 Å². The molecule has 2 aliphatic heterocycles. The number of aliphatic carboxylic acids is 2. The molecule has 0 aromatic carbocycles. The van der Waals surface area contributed by atoms with Crippen LogP contribution in [0.3, 0.4) is 0 Å². The molecule has 14 nitrogen and oxygen atoms in total. The molecule has 4 rings (SSSR count). The predicted octanol–water partition coefficient (Wildman–Crippen LogP) is -0.364. The van der Waals surface area contributed by atoms with Gasteiger partial charge in [-0.05, 0) is 30.0 Å². The molecular formula is C24H29N5O9S3. The van der Waals surface area contributed by atoms with E-state index in [0.29, 0.717) is 5.69 Å². The Hall–Kier alpha value is -3.41. The highest BCUT2D eigenvalue weighted by molar-refractivity contribution is 8.00. The smallest absolute Gasteiger partial charge is 0.326 e. The highest BCUT2D eigenvalue weighted by Gasteiger charge is 2.42. The zero-order valence-corrected chi connectivity index (χ0v) is 24.3.